The highest BCUT2D eigenvalue weighted by Gasteiger charge is 2.55. The van der Waals surface area contributed by atoms with Crippen molar-refractivity contribution < 1.29 is 18.0 Å². The molecule has 1 aromatic carbocycles. The Labute approximate surface area is 171 Å². The molecule has 0 spiro atoms. The fraction of sp³-hybridized carbons (Fsp3) is 0.667. The summed E-state index contributed by atoms with van der Waals surface area (Å²) >= 11 is 0. The molecule has 0 saturated carbocycles. The number of likely N-dealkylation sites (tertiary alicyclic amines) is 1. The molecule has 2 saturated heterocycles. The van der Waals surface area contributed by atoms with E-state index < -0.39 is 17.3 Å². The molecular formula is C21H30ClF3N2O. The molecule has 2 aliphatic rings. The Balaban J connectivity index is 0.00000280. The van der Waals surface area contributed by atoms with Gasteiger partial charge in [-0.05, 0) is 75.4 Å². The summed E-state index contributed by atoms with van der Waals surface area (Å²) in [6, 6.07) is 5.28. The highest BCUT2D eigenvalue weighted by Crippen LogP contribution is 2.47. The average molecular weight is 419 g/mol. The van der Waals surface area contributed by atoms with E-state index in [1.54, 1.807) is 6.92 Å². The minimum absolute atomic E-state index is 0. The lowest BCUT2D eigenvalue weighted by Gasteiger charge is -2.57. The van der Waals surface area contributed by atoms with Crippen LogP contribution in [0.3, 0.4) is 0 Å². The molecule has 2 fully saturated rings. The number of carbonyl (C=O) groups is 1. The molecule has 3 nitrogen and oxygen atoms in total. The van der Waals surface area contributed by atoms with Crippen LogP contribution in [-0.2, 0) is 11.0 Å². The second-order valence-electron chi connectivity index (χ2n) is 8.58. The average Bonchev–Trinajstić information content (AvgIpc) is 3.08. The largest absolute Gasteiger partial charge is 0.416 e. The van der Waals surface area contributed by atoms with Crippen molar-refractivity contribution >= 4 is 23.9 Å². The van der Waals surface area contributed by atoms with Gasteiger partial charge in [-0.1, -0.05) is 13.8 Å². The second kappa shape index (κ2) is 8.23. The minimum Gasteiger partial charge on any atom is -0.357 e. The van der Waals surface area contributed by atoms with E-state index in [1.165, 1.54) is 12.1 Å². The Kier molecular flexibility index (Phi) is 6.76. The fourth-order valence-electron chi connectivity index (χ4n) is 4.96. The molecule has 0 amide bonds. The molecule has 0 radical (unpaired) electrons. The number of benzene rings is 1. The summed E-state index contributed by atoms with van der Waals surface area (Å²) in [5, 5.41) is 0. The molecular weight excluding hydrogens is 389 g/mol. The number of hydrogen-bond donors (Lipinski definition) is 0. The maximum absolute atomic E-state index is 13.1. The Morgan fingerprint density at radius 2 is 1.61 bits per heavy atom. The standard InChI is InChI=1S/C21H29F3N2O.ClH/c1-16(27)20(15-25-12-4-5-13-25)19(2,3)11-6-14-26(20)18-9-7-17(8-10-18)21(22,23)24;/h7-10H,4-6,11-15H2,1-3H3;1H. The molecule has 3 rings (SSSR count). The second-order valence-corrected chi connectivity index (χ2v) is 8.58. The van der Waals surface area contributed by atoms with Crippen molar-refractivity contribution in [3.05, 3.63) is 29.8 Å². The van der Waals surface area contributed by atoms with Gasteiger partial charge in [-0.15, -0.1) is 12.4 Å². The number of halogens is 4. The number of rotatable bonds is 4. The van der Waals surface area contributed by atoms with Gasteiger partial charge < -0.3 is 9.80 Å². The number of anilines is 1. The van der Waals surface area contributed by atoms with Crippen molar-refractivity contribution in [3.63, 3.8) is 0 Å². The summed E-state index contributed by atoms with van der Waals surface area (Å²) in [6.45, 7) is 9.16. The van der Waals surface area contributed by atoms with Crippen molar-refractivity contribution in [1.82, 2.24) is 4.90 Å². The summed E-state index contributed by atoms with van der Waals surface area (Å²) in [4.78, 5) is 17.5. The number of piperidine rings is 1. The van der Waals surface area contributed by atoms with Crippen LogP contribution in [0.5, 0.6) is 0 Å². The monoisotopic (exact) mass is 418 g/mol. The summed E-state index contributed by atoms with van der Waals surface area (Å²) in [6.07, 6.45) is -0.239. The Hall–Kier alpha value is -1.27. The van der Waals surface area contributed by atoms with Crippen LogP contribution in [0.2, 0.25) is 0 Å². The van der Waals surface area contributed by atoms with Crippen LogP contribution < -0.4 is 4.90 Å². The van der Waals surface area contributed by atoms with E-state index in [0.717, 1.165) is 50.9 Å². The van der Waals surface area contributed by atoms with Gasteiger partial charge in [0.2, 0.25) is 0 Å². The van der Waals surface area contributed by atoms with Crippen LogP contribution in [0, 0.1) is 5.41 Å². The topological polar surface area (TPSA) is 23.6 Å². The maximum atomic E-state index is 13.1. The van der Waals surface area contributed by atoms with Gasteiger partial charge in [0.1, 0.15) is 5.54 Å². The number of carbonyl (C=O) groups excluding carboxylic acids is 1. The molecule has 0 N–H and O–H groups in total. The first kappa shape index (κ1) is 23.0. The van der Waals surface area contributed by atoms with Gasteiger partial charge in [0.05, 0.1) is 5.56 Å². The van der Waals surface area contributed by atoms with Crippen molar-refractivity contribution in [2.75, 3.05) is 31.1 Å². The molecule has 2 heterocycles. The Morgan fingerprint density at radius 1 is 1.04 bits per heavy atom. The predicted molar refractivity (Wildman–Crippen MR) is 108 cm³/mol. The first-order chi connectivity index (χ1) is 12.6. The number of nitrogens with zero attached hydrogens (tertiary/aromatic N) is 2. The third kappa shape index (κ3) is 4.04. The van der Waals surface area contributed by atoms with Crippen LogP contribution in [0.4, 0.5) is 18.9 Å². The lowest BCUT2D eigenvalue weighted by molar-refractivity contribution is -0.137. The van der Waals surface area contributed by atoms with Gasteiger partial charge in [0, 0.05) is 18.8 Å². The number of alkyl halides is 3. The SMILES string of the molecule is CC(=O)C1(CN2CCCC2)N(c2ccc(C(F)(F)F)cc2)CCCC1(C)C.Cl. The zero-order valence-electron chi connectivity index (χ0n) is 16.8. The zero-order valence-corrected chi connectivity index (χ0v) is 17.6. The van der Waals surface area contributed by atoms with Crippen LogP contribution in [-0.4, -0.2) is 42.4 Å². The summed E-state index contributed by atoms with van der Waals surface area (Å²) in [5.41, 5.74) is -0.946. The normalized spacial score (nSPS) is 25.4. The van der Waals surface area contributed by atoms with Crippen molar-refractivity contribution in [3.8, 4) is 0 Å². The Morgan fingerprint density at radius 3 is 2.11 bits per heavy atom. The molecule has 1 aromatic rings. The molecule has 2 aliphatic heterocycles. The van der Waals surface area contributed by atoms with Gasteiger partial charge in [0.25, 0.3) is 0 Å². The van der Waals surface area contributed by atoms with E-state index in [4.69, 9.17) is 0 Å². The van der Waals surface area contributed by atoms with Crippen LogP contribution in [0.25, 0.3) is 0 Å². The van der Waals surface area contributed by atoms with Gasteiger partial charge >= 0.3 is 6.18 Å². The lowest BCUT2D eigenvalue weighted by atomic mass is 9.63. The van der Waals surface area contributed by atoms with Gasteiger partial charge in [0.15, 0.2) is 5.78 Å². The summed E-state index contributed by atoms with van der Waals surface area (Å²) in [5.74, 6) is 0.0963. The third-order valence-corrected chi connectivity index (χ3v) is 6.50. The zero-order chi connectivity index (χ0) is 19.9. The highest BCUT2D eigenvalue weighted by molar-refractivity contribution is 5.91. The quantitative estimate of drug-likeness (QED) is 0.673. The first-order valence-corrected chi connectivity index (χ1v) is 9.76. The van der Waals surface area contributed by atoms with Crippen molar-refractivity contribution in [2.45, 2.75) is 58.2 Å². The molecule has 0 bridgehead atoms. The molecule has 28 heavy (non-hydrogen) atoms. The van der Waals surface area contributed by atoms with Gasteiger partial charge in [-0.2, -0.15) is 13.2 Å². The number of ketones is 1. The Bertz CT molecular complexity index is 684. The van der Waals surface area contributed by atoms with Crippen LogP contribution >= 0.6 is 12.4 Å². The van der Waals surface area contributed by atoms with Gasteiger partial charge in [-0.3, -0.25) is 4.79 Å². The van der Waals surface area contributed by atoms with Crippen molar-refractivity contribution in [1.29, 1.82) is 0 Å². The first-order valence-electron chi connectivity index (χ1n) is 9.76. The van der Waals surface area contributed by atoms with E-state index in [-0.39, 0.29) is 23.6 Å². The maximum Gasteiger partial charge on any atom is 0.416 e. The highest BCUT2D eigenvalue weighted by atomic mass is 35.5. The van der Waals surface area contributed by atoms with Gasteiger partial charge in [-0.25, -0.2) is 0 Å². The molecule has 0 aliphatic carbocycles. The smallest absolute Gasteiger partial charge is 0.357 e. The van der Waals surface area contributed by atoms with E-state index in [2.05, 4.69) is 23.6 Å². The number of hydrogen-bond acceptors (Lipinski definition) is 3. The van der Waals surface area contributed by atoms with Crippen molar-refractivity contribution in [2.24, 2.45) is 5.41 Å². The van der Waals surface area contributed by atoms with Crippen LogP contribution in [0.15, 0.2) is 24.3 Å². The predicted octanol–water partition coefficient (Wildman–Crippen LogP) is 5.18. The summed E-state index contributed by atoms with van der Waals surface area (Å²) < 4.78 is 38.9. The fourth-order valence-corrected chi connectivity index (χ4v) is 4.96. The summed E-state index contributed by atoms with van der Waals surface area (Å²) in [7, 11) is 0. The molecule has 1 unspecified atom stereocenters. The third-order valence-electron chi connectivity index (χ3n) is 6.50. The number of Topliss-reactive ketones (excluding diaryl/α,β-unsaturated/α-hetero) is 1. The minimum atomic E-state index is -4.35. The van der Waals surface area contributed by atoms with E-state index >= 15 is 0 Å². The lowest BCUT2D eigenvalue weighted by Crippen LogP contribution is -2.70. The van der Waals surface area contributed by atoms with E-state index in [1.807, 2.05) is 0 Å². The molecule has 1 atom stereocenters. The molecule has 0 aromatic heterocycles. The molecule has 158 valence electrons. The van der Waals surface area contributed by atoms with Crippen LogP contribution in [0.1, 0.15) is 52.0 Å². The van der Waals surface area contributed by atoms with E-state index in [0.29, 0.717) is 18.8 Å². The molecule has 7 heteroatoms. The van der Waals surface area contributed by atoms with E-state index in [9.17, 15) is 18.0 Å².